The number of para-hydroxylation sites is 2. The van der Waals surface area contributed by atoms with Crippen molar-refractivity contribution in [1.82, 2.24) is 19.9 Å². The number of benzene rings is 2. The molecule has 0 radical (unpaired) electrons. The van der Waals surface area contributed by atoms with Gasteiger partial charge in [-0.3, -0.25) is 4.79 Å². The van der Waals surface area contributed by atoms with Crippen LogP contribution < -0.4 is 5.32 Å². The standard InChI is InChI=1S/C20H19ClN4O3/c21-13-5-6-16-12(11-13)7-9-25(16)10-8-22-20(28)18(27)17(26)19-23-14-3-1-2-4-15(14)24-19/h1-7,9,11,17-18,26-27H,8,10H2,(H,22,28)(H,23,24). The Hall–Kier alpha value is -2.87. The van der Waals surface area contributed by atoms with E-state index in [1.54, 1.807) is 12.1 Å². The molecule has 0 aliphatic carbocycles. The number of imidazole rings is 1. The van der Waals surface area contributed by atoms with Gasteiger partial charge in [0.2, 0.25) is 0 Å². The molecule has 0 spiro atoms. The topological polar surface area (TPSA) is 103 Å². The summed E-state index contributed by atoms with van der Waals surface area (Å²) in [6, 6.07) is 14.8. The molecular weight excluding hydrogens is 380 g/mol. The van der Waals surface area contributed by atoms with Gasteiger partial charge in [0.1, 0.15) is 11.9 Å². The molecule has 0 saturated carbocycles. The lowest BCUT2D eigenvalue weighted by molar-refractivity contribution is -0.135. The van der Waals surface area contributed by atoms with E-state index in [1.807, 2.05) is 47.2 Å². The largest absolute Gasteiger partial charge is 0.382 e. The number of amides is 1. The van der Waals surface area contributed by atoms with Crippen LogP contribution in [0.5, 0.6) is 0 Å². The fourth-order valence-electron chi connectivity index (χ4n) is 3.18. The number of hydrogen-bond acceptors (Lipinski definition) is 4. The van der Waals surface area contributed by atoms with Crippen molar-refractivity contribution in [2.75, 3.05) is 6.54 Å². The number of halogens is 1. The zero-order valence-corrected chi connectivity index (χ0v) is 15.6. The van der Waals surface area contributed by atoms with Gasteiger partial charge in [-0.1, -0.05) is 23.7 Å². The lowest BCUT2D eigenvalue weighted by atomic mass is 10.2. The summed E-state index contributed by atoms with van der Waals surface area (Å²) in [7, 11) is 0. The normalized spacial score (nSPS) is 13.7. The molecule has 4 N–H and O–H groups in total. The van der Waals surface area contributed by atoms with E-state index in [0.717, 1.165) is 16.4 Å². The van der Waals surface area contributed by atoms with Crippen LogP contribution in [0.25, 0.3) is 21.9 Å². The molecule has 2 unspecified atom stereocenters. The Morgan fingerprint density at radius 3 is 2.86 bits per heavy atom. The average molecular weight is 399 g/mol. The predicted octanol–water partition coefficient (Wildman–Crippen LogP) is 2.38. The van der Waals surface area contributed by atoms with E-state index >= 15 is 0 Å². The molecule has 1 amide bonds. The van der Waals surface area contributed by atoms with Crippen LogP contribution >= 0.6 is 11.6 Å². The molecule has 8 heteroatoms. The SMILES string of the molecule is O=C(NCCn1ccc2cc(Cl)ccc21)C(O)C(O)c1nc2ccccc2[nH]1. The summed E-state index contributed by atoms with van der Waals surface area (Å²) < 4.78 is 1.98. The molecule has 0 fully saturated rings. The third-order valence-electron chi connectivity index (χ3n) is 4.64. The van der Waals surface area contributed by atoms with E-state index in [2.05, 4.69) is 15.3 Å². The monoisotopic (exact) mass is 398 g/mol. The number of rotatable bonds is 6. The van der Waals surface area contributed by atoms with Crippen molar-refractivity contribution in [3.8, 4) is 0 Å². The molecule has 2 aromatic heterocycles. The van der Waals surface area contributed by atoms with E-state index in [1.165, 1.54) is 0 Å². The number of carbonyl (C=O) groups is 1. The van der Waals surface area contributed by atoms with Crippen LogP contribution in [0.4, 0.5) is 0 Å². The molecule has 4 rings (SSSR count). The summed E-state index contributed by atoms with van der Waals surface area (Å²) in [4.78, 5) is 19.4. The highest BCUT2D eigenvalue weighted by molar-refractivity contribution is 6.31. The number of aromatic amines is 1. The fourth-order valence-corrected chi connectivity index (χ4v) is 3.36. The zero-order valence-electron chi connectivity index (χ0n) is 14.8. The van der Waals surface area contributed by atoms with Gasteiger partial charge in [0.25, 0.3) is 5.91 Å². The molecule has 0 saturated heterocycles. The summed E-state index contributed by atoms with van der Waals surface area (Å²) in [6.45, 7) is 0.819. The van der Waals surface area contributed by atoms with Gasteiger partial charge < -0.3 is 25.1 Å². The van der Waals surface area contributed by atoms with Crippen molar-refractivity contribution >= 4 is 39.4 Å². The van der Waals surface area contributed by atoms with Gasteiger partial charge in [-0.25, -0.2) is 4.98 Å². The Morgan fingerprint density at radius 1 is 1.21 bits per heavy atom. The number of aliphatic hydroxyl groups is 2. The highest BCUT2D eigenvalue weighted by Gasteiger charge is 2.27. The van der Waals surface area contributed by atoms with E-state index < -0.39 is 18.1 Å². The minimum absolute atomic E-state index is 0.150. The smallest absolute Gasteiger partial charge is 0.252 e. The lowest BCUT2D eigenvalue weighted by Gasteiger charge is -2.16. The number of aliphatic hydroxyl groups excluding tert-OH is 2. The van der Waals surface area contributed by atoms with Crippen molar-refractivity contribution in [2.45, 2.75) is 18.8 Å². The molecule has 2 atom stereocenters. The Kier molecular flexibility index (Phi) is 5.04. The number of H-pyrrole nitrogens is 1. The Balaban J connectivity index is 1.37. The van der Waals surface area contributed by atoms with Crippen LogP contribution in [0, 0.1) is 0 Å². The second-order valence-electron chi connectivity index (χ2n) is 6.53. The third-order valence-corrected chi connectivity index (χ3v) is 4.88. The summed E-state index contributed by atoms with van der Waals surface area (Å²) in [5, 5.41) is 24.8. The molecule has 2 aromatic carbocycles. The van der Waals surface area contributed by atoms with Crippen LogP contribution in [0.1, 0.15) is 11.9 Å². The molecule has 0 bridgehead atoms. The summed E-state index contributed by atoms with van der Waals surface area (Å²) >= 11 is 5.99. The summed E-state index contributed by atoms with van der Waals surface area (Å²) in [5.74, 6) is -0.510. The zero-order chi connectivity index (χ0) is 19.7. The van der Waals surface area contributed by atoms with Crippen molar-refractivity contribution < 1.29 is 15.0 Å². The first-order chi connectivity index (χ1) is 13.5. The van der Waals surface area contributed by atoms with Gasteiger partial charge in [0.15, 0.2) is 6.10 Å². The highest BCUT2D eigenvalue weighted by atomic mass is 35.5. The Labute approximate surface area is 165 Å². The lowest BCUT2D eigenvalue weighted by Crippen LogP contribution is -2.40. The summed E-state index contributed by atoms with van der Waals surface area (Å²) in [5.41, 5.74) is 2.38. The van der Waals surface area contributed by atoms with Gasteiger partial charge in [-0.2, -0.15) is 0 Å². The molecule has 0 aliphatic heterocycles. The van der Waals surface area contributed by atoms with Gasteiger partial charge in [-0.05, 0) is 36.4 Å². The summed E-state index contributed by atoms with van der Waals surface area (Å²) in [6.07, 6.45) is -1.16. The highest BCUT2D eigenvalue weighted by Crippen LogP contribution is 2.21. The number of aromatic nitrogens is 3. The van der Waals surface area contributed by atoms with Gasteiger partial charge in [-0.15, -0.1) is 0 Å². The van der Waals surface area contributed by atoms with E-state index in [0.29, 0.717) is 23.6 Å². The van der Waals surface area contributed by atoms with Crippen molar-refractivity contribution in [3.63, 3.8) is 0 Å². The van der Waals surface area contributed by atoms with E-state index in [9.17, 15) is 15.0 Å². The maximum Gasteiger partial charge on any atom is 0.252 e. The quantitative estimate of drug-likeness (QED) is 0.400. The molecule has 144 valence electrons. The molecule has 4 aromatic rings. The van der Waals surface area contributed by atoms with Crippen LogP contribution in [0.3, 0.4) is 0 Å². The first-order valence-electron chi connectivity index (χ1n) is 8.86. The molecule has 7 nitrogen and oxygen atoms in total. The maximum atomic E-state index is 12.2. The minimum Gasteiger partial charge on any atom is -0.382 e. The second kappa shape index (κ2) is 7.63. The average Bonchev–Trinajstić information content (AvgIpc) is 3.30. The number of carbonyl (C=O) groups excluding carboxylic acids is 1. The van der Waals surface area contributed by atoms with E-state index in [-0.39, 0.29) is 5.82 Å². The number of nitrogens with one attached hydrogen (secondary N) is 2. The van der Waals surface area contributed by atoms with Crippen LogP contribution in [-0.4, -0.2) is 43.3 Å². The van der Waals surface area contributed by atoms with Gasteiger partial charge in [0, 0.05) is 35.2 Å². The molecular formula is C20H19ClN4O3. The van der Waals surface area contributed by atoms with Crippen LogP contribution in [0.15, 0.2) is 54.7 Å². The maximum absolute atomic E-state index is 12.2. The number of hydrogen-bond donors (Lipinski definition) is 4. The van der Waals surface area contributed by atoms with Crippen LogP contribution in [-0.2, 0) is 11.3 Å². The Morgan fingerprint density at radius 2 is 2.04 bits per heavy atom. The van der Waals surface area contributed by atoms with Gasteiger partial charge in [0.05, 0.1) is 11.0 Å². The predicted molar refractivity (Wildman–Crippen MR) is 107 cm³/mol. The van der Waals surface area contributed by atoms with Crippen molar-refractivity contribution in [3.05, 3.63) is 65.6 Å². The van der Waals surface area contributed by atoms with Crippen molar-refractivity contribution in [2.24, 2.45) is 0 Å². The fraction of sp³-hybridized carbons (Fsp3) is 0.200. The number of fused-ring (bicyclic) bond motifs is 2. The first-order valence-corrected chi connectivity index (χ1v) is 9.23. The number of nitrogens with zero attached hydrogens (tertiary/aromatic N) is 2. The molecule has 2 heterocycles. The minimum atomic E-state index is -1.62. The van der Waals surface area contributed by atoms with Crippen LogP contribution in [0.2, 0.25) is 5.02 Å². The van der Waals surface area contributed by atoms with E-state index in [4.69, 9.17) is 11.6 Å². The third kappa shape index (κ3) is 3.60. The van der Waals surface area contributed by atoms with Crippen molar-refractivity contribution in [1.29, 1.82) is 0 Å². The van der Waals surface area contributed by atoms with Gasteiger partial charge >= 0.3 is 0 Å². The first kappa shape index (κ1) is 18.5. The second-order valence-corrected chi connectivity index (χ2v) is 6.97. The molecule has 28 heavy (non-hydrogen) atoms. The molecule has 0 aliphatic rings. The Bertz CT molecular complexity index is 1100.